The molecule has 1 aromatic carbocycles. The summed E-state index contributed by atoms with van der Waals surface area (Å²) in [5.41, 5.74) is 0.630. The van der Waals surface area contributed by atoms with Crippen molar-refractivity contribution >= 4 is 6.09 Å². The van der Waals surface area contributed by atoms with E-state index in [0.717, 1.165) is 24.8 Å². The Morgan fingerprint density at radius 1 is 1.32 bits per heavy atom. The van der Waals surface area contributed by atoms with Crippen LogP contribution in [-0.2, 0) is 0 Å². The fraction of sp³-hybridized carbons (Fsp3) is 0.562. The highest BCUT2D eigenvalue weighted by Gasteiger charge is 2.33. The van der Waals surface area contributed by atoms with Gasteiger partial charge in [0, 0.05) is 5.54 Å². The Labute approximate surface area is 116 Å². The van der Waals surface area contributed by atoms with Crippen LogP contribution in [0.1, 0.15) is 58.6 Å². The normalized spacial score (nSPS) is 15.6. The number of amides is 1. The first-order chi connectivity index (χ1) is 8.96. The summed E-state index contributed by atoms with van der Waals surface area (Å²) >= 11 is 0. The fourth-order valence-corrected chi connectivity index (χ4v) is 2.73. The average Bonchev–Trinajstić information content (AvgIpc) is 2.39. The summed E-state index contributed by atoms with van der Waals surface area (Å²) in [5.74, 6) is 0. The third-order valence-electron chi connectivity index (χ3n) is 4.00. The van der Waals surface area contributed by atoms with Crippen molar-refractivity contribution in [3.8, 4) is 0 Å². The lowest BCUT2D eigenvalue weighted by atomic mass is 9.88. The minimum Gasteiger partial charge on any atom is -0.530 e. The maximum atomic E-state index is 11.6. The summed E-state index contributed by atoms with van der Waals surface area (Å²) in [6.45, 7) is 8.04. The van der Waals surface area contributed by atoms with Gasteiger partial charge in [0.05, 0.1) is 6.04 Å². The maximum Gasteiger partial charge on any atom is 0.137 e. The molecule has 0 saturated carbocycles. The minimum atomic E-state index is -1.09. The summed E-state index contributed by atoms with van der Waals surface area (Å²) in [7, 11) is 0. The molecular weight excluding hydrogens is 238 g/mol. The Kier molecular flexibility index (Phi) is 5.40. The van der Waals surface area contributed by atoms with Gasteiger partial charge in [0.2, 0.25) is 0 Å². The summed E-state index contributed by atoms with van der Waals surface area (Å²) in [4.78, 5) is 13.1. The number of rotatable bonds is 6. The quantitative estimate of drug-likeness (QED) is 0.789. The van der Waals surface area contributed by atoms with Gasteiger partial charge in [0.1, 0.15) is 6.09 Å². The van der Waals surface area contributed by atoms with E-state index >= 15 is 0 Å². The second kappa shape index (κ2) is 6.60. The maximum absolute atomic E-state index is 11.6. The lowest BCUT2D eigenvalue weighted by molar-refractivity contribution is -0.275. The Bertz CT molecular complexity index is 404. The molecule has 0 bridgehead atoms. The van der Waals surface area contributed by atoms with Gasteiger partial charge < -0.3 is 14.8 Å². The van der Waals surface area contributed by atoms with Gasteiger partial charge in [0.15, 0.2) is 0 Å². The van der Waals surface area contributed by atoms with E-state index in [9.17, 15) is 9.90 Å². The smallest absolute Gasteiger partial charge is 0.137 e. The van der Waals surface area contributed by atoms with Crippen LogP contribution in [-0.4, -0.2) is 16.5 Å². The molecule has 3 nitrogen and oxygen atoms in total. The first kappa shape index (κ1) is 15.5. The lowest BCUT2D eigenvalue weighted by Gasteiger charge is -2.46. The van der Waals surface area contributed by atoms with E-state index < -0.39 is 6.09 Å². The third-order valence-corrected chi connectivity index (χ3v) is 4.00. The van der Waals surface area contributed by atoms with Gasteiger partial charge in [-0.15, -0.1) is 0 Å². The van der Waals surface area contributed by atoms with Crippen molar-refractivity contribution in [2.75, 3.05) is 0 Å². The van der Waals surface area contributed by atoms with E-state index in [1.807, 2.05) is 51.1 Å². The summed E-state index contributed by atoms with van der Waals surface area (Å²) in [6.07, 6.45) is 1.49. The molecule has 0 aliphatic carbocycles. The Hall–Kier alpha value is -1.51. The van der Waals surface area contributed by atoms with E-state index in [-0.39, 0.29) is 11.6 Å². The number of hydrogen-bond donors (Lipinski definition) is 0. The fourth-order valence-electron chi connectivity index (χ4n) is 2.73. The van der Waals surface area contributed by atoms with Gasteiger partial charge in [-0.1, -0.05) is 50.6 Å². The van der Waals surface area contributed by atoms with Crippen molar-refractivity contribution in [2.24, 2.45) is 0 Å². The molecule has 0 fully saturated rings. The molecular formula is C16H24NO2-. The van der Waals surface area contributed by atoms with Gasteiger partial charge in [-0.3, -0.25) is 0 Å². The Morgan fingerprint density at radius 3 is 2.32 bits per heavy atom. The molecule has 0 radical (unpaired) electrons. The number of benzene rings is 1. The van der Waals surface area contributed by atoms with Crippen LogP contribution in [0.4, 0.5) is 4.79 Å². The van der Waals surface area contributed by atoms with Crippen molar-refractivity contribution in [1.82, 2.24) is 4.90 Å². The molecule has 0 aliphatic rings. The molecule has 0 saturated heterocycles. The zero-order valence-electron chi connectivity index (χ0n) is 12.3. The molecule has 0 N–H and O–H groups in total. The van der Waals surface area contributed by atoms with Crippen molar-refractivity contribution in [1.29, 1.82) is 0 Å². The number of nitrogens with zero attached hydrogens (tertiary/aromatic N) is 1. The van der Waals surface area contributed by atoms with Crippen LogP contribution in [0.3, 0.4) is 0 Å². The van der Waals surface area contributed by atoms with E-state index in [1.165, 1.54) is 4.90 Å². The molecule has 1 aromatic rings. The molecule has 19 heavy (non-hydrogen) atoms. The topological polar surface area (TPSA) is 43.4 Å². The summed E-state index contributed by atoms with van der Waals surface area (Å²) < 4.78 is 0. The standard InChI is InChI=1S/C16H25NO2/c1-5-12-16(4,6-2)17(15(18)19)13(3)14-10-8-7-9-11-14/h7-11,13H,5-6,12H2,1-4H3,(H,18,19)/p-1. The predicted molar refractivity (Wildman–Crippen MR) is 75.7 cm³/mol. The Morgan fingerprint density at radius 2 is 1.89 bits per heavy atom. The van der Waals surface area contributed by atoms with Crippen molar-refractivity contribution in [2.45, 2.75) is 58.5 Å². The minimum absolute atomic E-state index is 0.192. The van der Waals surface area contributed by atoms with Crippen LogP contribution in [0.2, 0.25) is 0 Å². The van der Waals surface area contributed by atoms with Gasteiger partial charge in [-0.25, -0.2) is 0 Å². The van der Waals surface area contributed by atoms with E-state index in [2.05, 4.69) is 6.92 Å². The van der Waals surface area contributed by atoms with Crippen molar-refractivity contribution in [3.63, 3.8) is 0 Å². The molecule has 0 heterocycles. The zero-order valence-corrected chi connectivity index (χ0v) is 12.3. The molecule has 1 amide bonds. The molecule has 0 spiro atoms. The number of carboxylic acid groups (broad SMARTS) is 1. The first-order valence-corrected chi connectivity index (χ1v) is 7.01. The first-order valence-electron chi connectivity index (χ1n) is 7.01. The number of carbonyl (C=O) groups is 1. The zero-order chi connectivity index (χ0) is 14.5. The van der Waals surface area contributed by atoms with Gasteiger partial charge >= 0.3 is 0 Å². The van der Waals surface area contributed by atoms with Crippen molar-refractivity contribution < 1.29 is 9.90 Å². The van der Waals surface area contributed by atoms with E-state index in [1.54, 1.807) is 0 Å². The number of carbonyl (C=O) groups excluding carboxylic acids is 1. The second-order valence-corrected chi connectivity index (χ2v) is 5.32. The molecule has 2 atom stereocenters. The number of hydrogen-bond acceptors (Lipinski definition) is 2. The second-order valence-electron chi connectivity index (χ2n) is 5.32. The highest BCUT2D eigenvalue weighted by molar-refractivity contribution is 5.64. The SMILES string of the molecule is CCCC(C)(CC)N(C(=O)[O-])C(C)c1ccccc1. The van der Waals surface area contributed by atoms with Crippen LogP contribution < -0.4 is 5.11 Å². The molecule has 3 heteroatoms. The third kappa shape index (κ3) is 3.49. The summed E-state index contributed by atoms with van der Waals surface area (Å²) in [6, 6.07) is 9.53. The van der Waals surface area contributed by atoms with Crippen LogP contribution in [0, 0.1) is 0 Å². The lowest BCUT2D eigenvalue weighted by Crippen LogP contribution is -2.55. The Balaban J connectivity index is 3.10. The molecule has 1 rings (SSSR count). The van der Waals surface area contributed by atoms with E-state index in [0.29, 0.717) is 0 Å². The summed E-state index contributed by atoms with van der Waals surface area (Å²) in [5, 5.41) is 11.6. The molecule has 0 aliphatic heterocycles. The van der Waals surface area contributed by atoms with E-state index in [4.69, 9.17) is 0 Å². The predicted octanol–water partition coefficient (Wildman–Crippen LogP) is 3.36. The largest absolute Gasteiger partial charge is 0.530 e. The monoisotopic (exact) mass is 262 g/mol. The molecule has 106 valence electrons. The van der Waals surface area contributed by atoms with Gasteiger partial charge in [-0.05, 0) is 32.3 Å². The highest BCUT2D eigenvalue weighted by atomic mass is 16.4. The van der Waals surface area contributed by atoms with Crippen molar-refractivity contribution in [3.05, 3.63) is 35.9 Å². The van der Waals surface area contributed by atoms with Crippen LogP contribution >= 0.6 is 0 Å². The average molecular weight is 262 g/mol. The van der Waals surface area contributed by atoms with Gasteiger partial charge in [-0.2, -0.15) is 0 Å². The molecule has 2 unspecified atom stereocenters. The van der Waals surface area contributed by atoms with Crippen LogP contribution in [0.25, 0.3) is 0 Å². The van der Waals surface area contributed by atoms with Crippen LogP contribution in [0.15, 0.2) is 30.3 Å². The highest BCUT2D eigenvalue weighted by Crippen LogP contribution is 2.33. The van der Waals surface area contributed by atoms with Crippen LogP contribution in [0.5, 0.6) is 0 Å². The molecule has 0 aromatic heterocycles. The van der Waals surface area contributed by atoms with Gasteiger partial charge in [0.25, 0.3) is 0 Å².